The summed E-state index contributed by atoms with van der Waals surface area (Å²) in [7, 11) is 0. The van der Waals surface area contributed by atoms with Gasteiger partial charge in [-0.2, -0.15) is 0 Å². The van der Waals surface area contributed by atoms with Gasteiger partial charge in [-0.3, -0.25) is 0 Å². The highest BCUT2D eigenvalue weighted by Crippen LogP contribution is 2.07. The fourth-order valence-corrected chi connectivity index (χ4v) is 0.777. The topological polar surface area (TPSA) is 52.3 Å². The van der Waals surface area contributed by atoms with Crippen LogP contribution in [0.5, 0.6) is 0 Å². The quantitative estimate of drug-likeness (QED) is 0.460. The number of nitrogens with two attached hydrogens (primary N) is 1. The Bertz CT molecular complexity index is 94.4. The molecule has 0 aromatic heterocycles. The van der Waals surface area contributed by atoms with Crippen molar-refractivity contribution < 1.29 is 9.53 Å². The Kier molecular flexibility index (Phi) is 1.60. The van der Waals surface area contributed by atoms with Crippen LogP contribution < -0.4 is 5.73 Å². The van der Waals surface area contributed by atoms with Crippen molar-refractivity contribution in [2.45, 2.75) is 18.6 Å². The van der Waals surface area contributed by atoms with E-state index in [4.69, 9.17) is 10.5 Å². The van der Waals surface area contributed by atoms with Gasteiger partial charge >= 0.3 is 0 Å². The van der Waals surface area contributed by atoms with Gasteiger partial charge in [0, 0.05) is 6.04 Å². The number of hydrogen-bond acceptors (Lipinski definition) is 3. The molecular weight excluding hydrogens is 106 g/mol. The second-order valence-corrected chi connectivity index (χ2v) is 2.00. The van der Waals surface area contributed by atoms with E-state index in [1.807, 2.05) is 0 Å². The molecule has 0 spiro atoms. The molecule has 2 atom stereocenters. The summed E-state index contributed by atoms with van der Waals surface area (Å²) in [5, 5.41) is 0. The molecule has 0 saturated carbocycles. The Morgan fingerprint density at radius 1 is 1.75 bits per heavy atom. The van der Waals surface area contributed by atoms with Crippen molar-refractivity contribution in [3.63, 3.8) is 0 Å². The van der Waals surface area contributed by atoms with Crippen molar-refractivity contribution >= 4 is 6.29 Å². The normalized spacial score (nSPS) is 37.6. The molecule has 0 aliphatic carbocycles. The van der Waals surface area contributed by atoms with E-state index in [-0.39, 0.29) is 12.1 Å². The molecule has 1 saturated heterocycles. The zero-order valence-corrected chi connectivity index (χ0v) is 4.54. The SMILES string of the molecule is N[C@@H]1COC(C=O)C1. The maximum atomic E-state index is 9.97. The predicted octanol–water partition coefficient (Wildman–Crippen LogP) is -0.699. The number of carbonyl (C=O) groups is 1. The van der Waals surface area contributed by atoms with E-state index in [0.717, 1.165) is 6.29 Å². The fourth-order valence-electron chi connectivity index (χ4n) is 0.777. The first-order valence-electron chi connectivity index (χ1n) is 2.65. The first-order chi connectivity index (χ1) is 3.83. The lowest BCUT2D eigenvalue weighted by molar-refractivity contribution is -0.115. The first kappa shape index (κ1) is 5.72. The molecule has 1 aliphatic rings. The van der Waals surface area contributed by atoms with E-state index < -0.39 is 0 Å². The third-order valence-electron chi connectivity index (χ3n) is 1.21. The Morgan fingerprint density at radius 2 is 2.50 bits per heavy atom. The van der Waals surface area contributed by atoms with E-state index in [2.05, 4.69) is 0 Å². The number of aldehydes is 1. The fraction of sp³-hybridized carbons (Fsp3) is 0.800. The minimum absolute atomic E-state index is 0.0743. The lowest BCUT2D eigenvalue weighted by atomic mass is 10.2. The largest absolute Gasteiger partial charge is 0.369 e. The van der Waals surface area contributed by atoms with E-state index in [9.17, 15) is 4.79 Å². The molecule has 1 fully saturated rings. The molecule has 46 valence electrons. The van der Waals surface area contributed by atoms with E-state index in [1.54, 1.807) is 0 Å². The van der Waals surface area contributed by atoms with Crippen LogP contribution in [0.1, 0.15) is 6.42 Å². The summed E-state index contributed by atoms with van der Waals surface area (Å²) in [4.78, 5) is 9.97. The van der Waals surface area contributed by atoms with Crippen LogP contribution in [-0.4, -0.2) is 25.0 Å². The molecule has 0 radical (unpaired) electrons. The van der Waals surface area contributed by atoms with Gasteiger partial charge in [0.2, 0.25) is 0 Å². The minimum atomic E-state index is -0.231. The van der Waals surface area contributed by atoms with Crippen LogP contribution in [0, 0.1) is 0 Å². The summed E-state index contributed by atoms with van der Waals surface area (Å²) in [6.07, 6.45) is 1.25. The van der Waals surface area contributed by atoms with Crippen LogP contribution >= 0.6 is 0 Å². The summed E-state index contributed by atoms with van der Waals surface area (Å²) < 4.78 is 4.92. The van der Waals surface area contributed by atoms with Crippen LogP contribution in [0.15, 0.2) is 0 Å². The van der Waals surface area contributed by atoms with Gasteiger partial charge in [-0.1, -0.05) is 0 Å². The van der Waals surface area contributed by atoms with Crippen LogP contribution in [0.3, 0.4) is 0 Å². The second-order valence-electron chi connectivity index (χ2n) is 2.00. The molecule has 3 nitrogen and oxygen atoms in total. The van der Waals surface area contributed by atoms with Crippen LogP contribution in [0.2, 0.25) is 0 Å². The Morgan fingerprint density at radius 3 is 2.75 bits per heavy atom. The zero-order valence-electron chi connectivity index (χ0n) is 4.54. The standard InChI is InChI=1S/C5H9NO2/c6-4-1-5(2-7)8-3-4/h2,4-5H,1,3,6H2/t4-,5?/m0/s1. The maximum Gasteiger partial charge on any atom is 0.148 e. The number of rotatable bonds is 1. The van der Waals surface area contributed by atoms with Crippen molar-refractivity contribution in [3.05, 3.63) is 0 Å². The van der Waals surface area contributed by atoms with Gasteiger partial charge in [0.25, 0.3) is 0 Å². The molecule has 0 amide bonds. The number of carbonyl (C=O) groups excluding carboxylic acids is 1. The molecule has 1 unspecified atom stereocenters. The Balaban J connectivity index is 2.32. The van der Waals surface area contributed by atoms with Gasteiger partial charge in [0.05, 0.1) is 6.61 Å². The molecule has 1 rings (SSSR count). The summed E-state index contributed by atoms with van der Waals surface area (Å²) in [5.41, 5.74) is 5.42. The third kappa shape index (κ3) is 1.05. The van der Waals surface area contributed by atoms with Gasteiger partial charge in [-0.15, -0.1) is 0 Å². The van der Waals surface area contributed by atoms with Crippen LogP contribution in [0.25, 0.3) is 0 Å². The third-order valence-corrected chi connectivity index (χ3v) is 1.21. The van der Waals surface area contributed by atoms with Crippen LogP contribution in [0.4, 0.5) is 0 Å². The van der Waals surface area contributed by atoms with Crippen molar-refractivity contribution in [2.24, 2.45) is 5.73 Å². The molecule has 0 aromatic rings. The van der Waals surface area contributed by atoms with Gasteiger partial charge in [-0.25, -0.2) is 0 Å². The highest BCUT2D eigenvalue weighted by atomic mass is 16.5. The van der Waals surface area contributed by atoms with Crippen molar-refractivity contribution in [3.8, 4) is 0 Å². The number of ether oxygens (including phenoxy) is 1. The van der Waals surface area contributed by atoms with Crippen molar-refractivity contribution in [1.29, 1.82) is 0 Å². The Hall–Kier alpha value is -0.410. The van der Waals surface area contributed by atoms with Gasteiger partial charge in [0.1, 0.15) is 12.4 Å². The average Bonchev–Trinajstić information content (AvgIpc) is 2.14. The monoisotopic (exact) mass is 115 g/mol. The maximum absolute atomic E-state index is 9.97. The van der Waals surface area contributed by atoms with Crippen LogP contribution in [-0.2, 0) is 9.53 Å². The predicted molar refractivity (Wildman–Crippen MR) is 28.4 cm³/mol. The van der Waals surface area contributed by atoms with Crippen molar-refractivity contribution in [2.75, 3.05) is 6.61 Å². The molecule has 2 N–H and O–H groups in total. The Labute approximate surface area is 47.8 Å². The summed E-state index contributed by atoms with van der Waals surface area (Å²) in [5.74, 6) is 0. The molecular formula is C5H9NO2. The first-order valence-corrected chi connectivity index (χ1v) is 2.65. The summed E-state index contributed by atoms with van der Waals surface area (Å²) >= 11 is 0. The molecule has 0 bridgehead atoms. The van der Waals surface area contributed by atoms with E-state index in [1.165, 1.54) is 0 Å². The molecule has 0 aromatic carbocycles. The minimum Gasteiger partial charge on any atom is -0.369 e. The lowest BCUT2D eigenvalue weighted by Crippen LogP contribution is -2.19. The highest BCUT2D eigenvalue weighted by Gasteiger charge is 2.20. The smallest absolute Gasteiger partial charge is 0.148 e. The second kappa shape index (κ2) is 2.24. The van der Waals surface area contributed by atoms with Gasteiger partial charge < -0.3 is 15.3 Å². The summed E-state index contributed by atoms with van der Waals surface area (Å²) in [6, 6.07) is 0.0743. The lowest BCUT2D eigenvalue weighted by Gasteiger charge is -1.93. The number of hydrogen-bond donors (Lipinski definition) is 1. The molecule has 1 aliphatic heterocycles. The van der Waals surface area contributed by atoms with E-state index in [0.29, 0.717) is 13.0 Å². The van der Waals surface area contributed by atoms with Crippen molar-refractivity contribution in [1.82, 2.24) is 0 Å². The average molecular weight is 115 g/mol. The highest BCUT2D eigenvalue weighted by molar-refractivity contribution is 5.56. The van der Waals surface area contributed by atoms with Gasteiger partial charge in [0.15, 0.2) is 0 Å². The molecule has 3 heteroatoms. The zero-order chi connectivity index (χ0) is 5.98. The van der Waals surface area contributed by atoms with E-state index >= 15 is 0 Å². The summed E-state index contributed by atoms with van der Waals surface area (Å²) in [6.45, 7) is 0.531. The van der Waals surface area contributed by atoms with Gasteiger partial charge in [-0.05, 0) is 6.42 Å². The molecule has 8 heavy (non-hydrogen) atoms. The molecule has 1 heterocycles.